The Labute approximate surface area is 128 Å². The average molecular weight is 307 g/mol. The Morgan fingerprint density at radius 2 is 2.18 bits per heavy atom. The zero-order chi connectivity index (χ0) is 16.1. The predicted octanol–water partition coefficient (Wildman–Crippen LogP) is 1.88. The van der Waals surface area contributed by atoms with Gasteiger partial charge in [-0.15, -0.1) is 0 Å². The summed E-state index contributed by atoms with van der Waals surface area (Å²) >= 11 is 0. The van der Waals surface area contributed by atoms with Crippen molar-refractivity contribution < 1.29 is 18.8 Å². The maximum Gasteiger partial charge on any atom is 0.238 e. The molecule has 1 N–H and O–H groups in total. The van der Waals surface area contributed by atoms with Gasteiger partial charge in [-0.05, 0) is 32.9 Å². The smallest absolute Gasteiger partial charge is 0.238 e. The van der Waals surface area contributed by atoms with Gasteiger partial charge in [0.1, 0.15) is 0 Å². The molecule has 0 saturated carbocycles. The topological polar surface area (TPSA) is 92.6 Å². The van der Waals surface area contributed by atoms with Gasteiger partial charge in [-0.3, -0.25) is 4.79 Å². The average Bonchev–Trinajstić information content (AvgIpc) is 3.11. The van der Waals surface area contributed by atoms with Gasteiger partial charge in [-0.1, -0.05) is 5.16 Å². The quantitative estimate of drug-likeness (QED) is 0.839. The Hall–Kier alpha value is -2.15. The summed E-state index contributed by atoms with van der Waals surface area (Å²) in [7, 11) is 0. The second-order valence-corrected chi connectivity index (χ2v) is 5.48. The number of aryl methyl sites for hydroxylation is 1. The first-order valence-corrected chi connectivity index (χ1v) is 7.31. The van der Waals surface area contributed by atoms with E-state index in [1.165, 1.54) is 6.26 Å². The molecule has 0 saturated heterocycles. The number of carbonyl (C=O) groups excluding carboxylic acids is 1. The van der Waals surface area contributed by atoms with Crippen molar-refractivity contribution in [3.05, 3.63) is 24.3 Å². The van der Waals surface area contributed by atoms with E-state index in [1.54, 1.807) is 24.0 Å². The molecule has 2 rings (SSSR count). The fraction of sp³-hybridized carbons (Fsp3) is 0.533. The fourth-order valence-corrected chi connectivity index (χ4v) is 2.11. The van der Waals surface area contributed by atoms with Gasteiger partial charge in [-0.2, -0.15) is 4.98 Å². The minimum absolute atomic E-state index is 0.0310. The first-order valence-electron chi connectivity index (χ1n) is 7.31. The zero-order valence-electron chi connectivity index (χ0n) is 13.0. The van der Waals surface area contributed by atoms with Crippen LogP contribution in [0.2, 0.25) is 0 Å². The summed E-state index contributed by atoms with van der Waals surface area (Å²) in [4.78, 5) is 18.1. The molecule has 0 radical (unpaired) electrons. The van der Waals surface area contributed by atoms with Gasteiger partial charge in [0.2, 0.25) is 17.6 Å². The lowest BCUT2D eigenvalue weighted by molar-refractivity contribution is -0.134. The molecule has 0 fully saturated rings. The third kappa shape index (κ3) is 4.17. The molecule has 0 spiro atoms. The lowest BCUT2D eigenvalue weighted by Gasteiger charge is -2.27. The van der Waals surface area contributed by atoms with Crippen molar-refractivity contribution in [2.24, 2.45) is 0 Å². The van der Waals surface area contributed by atoms with E-state index in [-0.39, 0.29) is 18.4 Å². The highest BCUT2D eigenvalue weighted by molar-refractivity contribution is 5.76. The molecule has 2 aromatic heterocycles. The van der Waals surface area contributed by atoms with Crippen molar-refractivity contribution in [1.82, 2.24) is 15.0 Å². The molecule has 0 aliphatic carbocycles. The molecule has 120 valence electrons. The van der Waals surface area contributed by atoms with E-state index in [0.29, 0.717) is 30.4 Å². The number of rotatable bonds is 7. The summed E-state index contributed by atoms with van der Waals surface area (Å²) < 4.78 is 10.3. The standard InChI is InChI=1S/C15H21N3O4/c1-10(2)18(9-11(3)19)14(20)7-6-13-16-15(17-22-13)12-5-4-8-21-12/h4-5,8,10-11,19H,6-7,9H2,1-3H3. The second-order valence-electron chi connectivity index (χ2n) is 5.48. The van der Waals surface area contributed by atoms with E-state index in [4.69, 9.17) is 8.94 Å². The normalized spacial score (nSPS) is 12.6. The molecule has 1 atom stereocenters. The van der Waals surface area contributed by atoms with Gasteiger partial charge < -0.3 is 18.9 Å². The van der Waals surface area contributed by atoms with Crippen LogP contribution < -0.4 is 0 Å². The Balaban J connectivity index is 1.93. The van der Waals surface area contributed by atoms with Gasteiger partial charge in [0.15, 0.2) is 5.76 Å². The van der Waals surface area contributed by atoms with Crippen LogP contribution in [0.5, 0.6) is 0 Å². The third-order valence-corrected chi connectivity index (χ3v) is 3.17. The van der Waals surface area contributed by atoms with Crippen LogP contribution in [0.15, 0.2) is 27.3 Å². The SMILES string of the molecule is CC(O)CN(C(=O)CCc1nc(-c2ccco2)no1)C(C)C. The number of aliphatic hydroxyl groups excluding tert-OH is 1. The van der Waals surface area contributed by atoms with Crippen molar-refractivity contribution in [3.8, 4) is 11.6 Å². The van der Waals surface area contributed by atoms with Crippen LogP contribution in [0.4, 0.5) is 0 Å². The highest BCUT2D eigenvalue weighted by Crippen LogP contribution is 2.16. The highest BCUT2D eigenvalue weighted by atomic mass is 16.5. The molecular weight excluding hydrogens is 286 g/mol. The molecule has 0 aromatic carbocycles. The van der Waals surface area contributed by atoms with E-state index >= 15 is 0 Å². The van der Waals surface area contributed by atoms with Crippen molar-refractivity contribution in [1.29, 1.82) is 0 Å². The summed E-state index contributed by atoms with van der Waals surface area (Å²) in [5.41, 5.74) is 0. The molecule has 2 aromatic rings. The highest BCUT2D eigenvalue weighted by Gasteiger charge is 2.20. The molecule has 2 heterocycles. The monoisotopic (exact) mass is 307 g/mol. The molecule has 1 amide bonds. The predicted molar refractivity (Wildman–Crippen MR) is 78.9 cm³/mol. The summed E-state index contributed by atoms with van der Waals surface area (Å²) in [5.74, 6) is 1.24. The lowest BCUT2D eigenvalue weighted by Crippen LogP contribution is -2.41. The van der Waals surface area contributed by atoms with Gasteiger partial charge in [0.05, 0.1) is 12.4 Å². The van der Waals surface area contributed by atoms with Crippen LogP contribution in [-0.4, -0.2) is 44.7 Å². The third-order valence-electron chi connectivity index (χ3n) is 3.17. The molecule has 0 bridgehead atoms. The van der Waals surface area contributed by atoms with Crippen LogP contribution in [0.1, 0.15) is 33.1 Å². The molecule has 0 aliphatic heterocycles. The number of amides is 1. The van der Waals surface area contributed by atoms with E-state index < -0.39 is 6.10 Å². The minimum atomic E-state index is -0.555. The number of carbonyl (C=O) groups is 1. The lowest BCUT2D eigenvalue weighted by atomic mass is 10.2. The molecular formula is C15H21N3O4. The molecule has 7 heteroatoms. The zero-order valence-corrected chi connectivity index (χ0v) is 13.0. The van der Waals surface area contributed by atoms with Crippen LogP contribution in [0.25, 0.3) is 11.6 Å². The Kier molecular flexibility index (Phi) is 5.32. The number of aromatic nitrogens is 2. The van der Waals surface area contributed by atoms with E-state index in [9.17, 15) is 9.90 Å². The number of nitrogens with zero attached hydrogens (tertiary/aromatic N) is 3. The van der Waals surface area contributed by atoms with Crippen molar-refractivity contribution >= 4 is 5.91 Å². The molecule has 7 nitrogen and oxygen atoms in total. The van der Waals surface area contributed by atoms with Crippen molar-refractivity contribution in [2.45, 2.75) is 45.8 Å². The summed E-state index contributed by atoms with van der Waals surface area (Å²) in [6, 6.07) is 3.51. The van der Waals surface area contributed by atoms with E-state index in [0.717, 1.165) is 0 Å². The summed E-state index contributed by atoms with van der Waals surface area (Å²) in [6.45, 7) is 5.82. The van der Waals surface area contributed by atoms with Gasteiger partial charge in [0.25, 0.3) is 0 Å². The van der Waals surface area contributed by atoms with Crippen LogP contribution in [0.3, 0.4) is 0 Å². The first-order chi connectivity index (χ1) is 10.5. The summed E-state index contributed by atoms with van der Waals surface area (Å²) in [5, 5.41) is 13.3. The maximum absolute atomic E-state index is 12.2. The maximum atomic E-state index is 12.2. The Morgan fingerprint density at radius 3 is 2.77 bits per heavy atom. The summed E-state index contributed by atoms with van der Waals surface area (Å²) in [6.07, 6.45) is 1.59. The number of furan rings is 1. The number of hydrogen-bond donors (Lipinski definition) is 1. The molecule has 0 aliphatic rings. The first kappa shape index (κ1) is 16.2. The van der Waals surface area contributed by atoms with Gasteiger partial charge in [-0.25, -0.2) is 0 Å². The molecule has 22 heavy (non-hydrogen) atoms. The Morgan fingerprint density at radius 1 is 1.41 bits per heavy atom. The van der Waals surface area contributed by atoms with Crippen molar-refractivity contribution in [2.75, 3.05) is 6.54 Å². The molecule has 1 unspecified atom stereocenters. The number of hydrogen-bond acceptors (Lipinski definition) is 6. The number of aliphatic hydroxyl groups is 1. The van der Waals surface area contributed by atoms with Crippen LogP contribution in [0, 0.1) is 0 Å². The van der Waals surface area contributed by atoms with Crippen molar-refractivity contribution in [3.63, 3.8) is 0 Å². The second kappa shape index (κ2) is 7.22. The van der Waals surface area contributed by atoms with E-state index in [2.05, 4.69) is 10.1 Å². The largest absolute Gasteiger partial charge is 0.461 e. The van der Waals surface area contributed by atoms with Gasteiger partial charge in [0, 0.05) is 25.4 Å². The van der Waals surface area contributed by atoms with Crippen LogP contribution >= 0.6 is 0 Å². The van der Waals surface area contributed by atoms with E-state index in [1.807, 2.05) is 13.8 Å². The fourth-order valence-electron chi connectivity index (χ4n) is 2.11. The van der Waals surface area contributed by atoms with Crippen LogP contribution in [-0.2, 0) is 11.2 Å². The Bertz CT molecular complexity index is 590. The van der Waals surface area contributed by atoms with Gasteiger partial charge >= 0.3 is 0 Å². The minimum Gasteiger partial charge on any atom is -0.461 e.